The molecule has 7 heteroatoms. The Morgan fingerprint density at radius 2 is 1.81 bits per heavy atom. The molecular weight excluding hydrogens is 342 g/mol. The van der Waals surface area contributed by atoms with Gasteiger partial charge in [0.05, 0.1) is 5.39 Å². The van der Waals surface area contributed by atoms with Crippen molar-refractivity contribution < 1.29 is 4.79 Å². The molecule has 138 valence electrons. The molecule has 27 heavy (non-hydrogen) atoms. The van der Waals surface area contributed by atoms with Gasteiger partial charge in [0.15, 0.2) is 0 Å². The van der Waals surface area contributed by atoms with Gasteiger partial charge < -0.3 is 10.6 Å². The maximum atomic E-state index is 12.8. The first-order valence-electron chi connectivity index (χ1n) is 9.02. The van der Waals surface area contributed by atoms with E-state index in [0.29, 0.717) is 30.5 Å². The molecule has 2 heterocycles. The molecule has 1 aromatic heterocycles. The van der Waals surface area contributed by atoms with Crippen LogP contribution in [0.25, 0.3) is 10.9 Å². The molecule has 0 spiro atoms. The van der Waals surface area contributed by atoms with Gasteiger partial charge in [-0.25, -0.2) is 4.68 Å². The van der Waals surface area contributed by atoms with Gasteiger partial charge in [-0.1, -0.05) is 47.7 Å². The lowest BCUT2D eigenvalue weighted by Crippen LogP contribution is -2.37. The minimum Gasteiger partial charge on any atom is -0.340 e. The van der Waals surface area contributed by atoms with Gasteiger partial charge in [0.25, 0.3) is 5.56 Å². The van der Waals surface area contributed by atoms with Crippen LogP contribution in [0.3, 0.4) is 0 Å². The van der Waals surface area contributed by atoms with E-state index in [0.717, 1.165) is 4.68 Å². The molecule has 1 saturated heterocycles. The highest BCUT2D eigenvalue weighted by molar-refractivity contribution is 5.78. The number of rotatable bonds is 4. The van der Waals surface area contributed by atoms with E-state index in [1.54, 1.807) is 29.2 Å². The van der Waals surface area contributed by atoms with E-state index < -0.39 is 0 Å². The Bertz CT molecular complexity index is 1020. The molecule has 7 nitrogen and oxygen atoms in total. The average Bonchev–Trinajstić information content (AvgIpc) is 3.15. The molecule has 0 saturated carbocycles. The first kappa shape index (κ1) is 17.4. The van der Waals surface area contributed by atoms with Gasteiger partial charge in [0.1, 0.15) is 12.1 Å². The maximum Gasteiger partial charge on any atom is 0.278 e. The zero-order valence-electron chi connectivity index (χ0n) is 14.9. The fourth-order valence-corrected chi connectivity index (χ4v) is 3.75. The van der Waals surface area contributed by atoms with Crippen molar-refractivity contribution >= 4 is 16.8 Å². The number of carbonyl (C=O) groups excluding carboxylic acids is 1. The minimum absolute atomic E-state index is 0.116. The minimum atomic E-state index is -0.303. The summed E-state index contributed by atoms with van der Waals surface area (Å²) in [6, 6.07) is 17.1. The van der Waals surface area contributed by atoms with Gasteiger partial charge in [0, 0.05) is 19.0 Å². The molecule has 4 rings (SSSR count). The monoisotopic (exact) mass is 363 g/mol. The van der Waals surface area contributed by atoms with E-state index >= 15 is 0 Å². The van der Waals surface area contributed by atoms with Crippen LogP contribution in [-0.2, 0) is 11.3 Å². The summed E-state index contributed by atoms with van der Waals surface area (Å²) in [7, 11) is 0. The molecule has 1 fully saturated rings. The smallest absolute Gasteiger partial charge is 0.278 e. The Morgan fingerprint density at radius 3 is 2.59 bits per heavy atom. The van der Waals surface area contributed by atoms with Gasteiger partial charge in [-0.3, -0.25) is 9.59 Å². The summed E-state index contributed by atoms with van der Waals surface area (Å²) < 4.78 is 1.14. The lowest BCUT2D eigenvalue weighted by Gasteiger charge is -2.17. The Labute approximate surface area is 156 Å². The second-order valence-electron chi connectivity index (χ2n) is 6.88. The highest BCUT2D eigenvalue weighted by atomic mass is 16.2. The molecule has 1 amide bonds. The zero-order chi connectivity index (χ0) is 18.8. The van der Waals surface area contributed by atoms with Crippen molar-refractivity contribution in [3.63, 3.8) is 0 Å². The molecule has 0 radical (unpaired) electrons. The van der Waals surface area contributed by atoms with Gasteiger partial charge in [0.2, 0.25) is 5.91 Å². The fourth-order valence-electron chi connectivity index (χ4n) is 3.75. The summed E-state index contributed by atoms with van der Waals surface area (Å²) in [5.74, 6) is 0.272. The van der Waals surface area contributed by atoms with Gasteiger partial charge in [-0.2, -0.15) is 0 Å². The van der Waals surface area contributed by atoms with Crippen LogP contribution in [0.5, 0.6) is 0 Å². The standard InChI is InChI=1S/C20H21N5O2/c21-10-15-11-24(12-17(15)14-6-2-1-3-7-14)19(26)13-25-20(27)16-8-4-5-9-18(16)22-23-25/h1-9,15,17H,10-13,21H2/t15-,17+/m1/s1. The summed E-state index contributed by atoms with van der Waals surface area (Å²) >= 11 is 0. The Balaban J connectivity index is 1.54. The zero-order valence-corrected chi connectivity index (χ0v) is 14.9. The van der Waals surface area contributed by atoms with Crippen molar-refractivity contribution in [3.8, 4) is 0 Å². The van der Waals surface area contributed by atoms with E-state index in [2.05, 4.69) is 22.4 Å². The second-order valence-corrected chi connectivity index (χ2v) is 6.88. The van der Waals surface area contributed by atoms with Crippen LogP contribution >= 0.6 is 0 Å². The number of hydrogen-bond acceptors (Lipinski definition) is 5. The molecule has 1 aliphatic heterocycles. The number of carbonyl (C=O) groups is 1. The van der Waals surface area contributed by atoms with E-state index in [-0.39, 0.29) is 29.8 Å². The van der Waals surface area contributed by atoms with E-state index in [1.165, 1.54) is 5.56 Å². The predicted octanol–water partition coefficient (Wildman–Crippen LogP) is 0.992. The third-order valence-electron chi connectivity index (χ3n) is 5.24. The topological polar surface area (TPSA) is 94.1 Å². The lowest BCUT2D eigenvalue weighted by molar-refractivity contribution is -0.131. The largest absolute Gasteiger partial charge is 0.340 e. The Morgan fingerprint density at radius 1 is 1.07 bits per heavy atom. The van der Waals surface area contributed by atoms with Crippen LogP contribution in [0.15, 0.2) is 59.4 Å². The van der Waals surface area contributed by atoms with Crippen LogP contribution in [-0.4, -0.2) is 45.4 Å². The van der Waals surface area contributed by atoms with Crippen molar-refractivity contribution in [1.29, 1.82) is 0 Å². The molecule has 2 aromatic carbocycles. The molecule has 0 bridgehead atoms. The maximum absolute atomic E-state index is 12.8. The number of fused-ring (bicyclic) bond motifs is 1. The lowest BCUT2D eigenvalue weighted by atomic mass is 9.89. The summed E-state index contributed by atoms with van der Waals surface area (Å²) in [5, 5.41) is 8.42. The SMILES string of the molecule is NC[C@@H]1CN(C(=O)Cn2nnc3ccccc3c2=O)C[C@H]1c1ccccc1. The molecular formula is C20H21N5O2. The van der Waals surface area contributed by atoms with Crippen LogP contribution in [0.2, 0.25) is 0 Å². The fraction of sp³-hybridized carbons (Fsp3) is 0.300. The quantitative estimate of drug-likeness (QED) is 0.746. The van der Waals surface area contributed by atoms with Crippen molar-refractivity contribution in [3.05, 3.63) is 70.5 Å². The van der Waals surface area contributed by atoms with Crippen molar-refractivity contribution in [2.75, 3.05) is 19.6 Å². The van der Waals surface area contributed by atoms with Crippen molar-refractivity contribution in [1.82, 2.24) is 19.9 Å². The van der Waals surface area contributed by atoms with Gasteiger partial charge in [-0.15, -0.1) is 5.10 Å². The molecule has 0 unspecified atom stereocenters. The molecule has 2 N–H and O–H groups in total. The van der Waals surface area contributed by atoms with Crippen LogP contribution in [0.4, 0.5) is 0 Å². The Hall–Kier alpha value is -3.06. The molecule has 3 aromatic rings. The number of hydrogen-bond donors (Lipinski definition) is 1. The van der Waals surface area contributed by atoms with Gasteiger partial charge in [-0.05, 0) is 30.2 Å². The average molecular weight is 363 g/mol. The van der Waals surface area contributed by atoms with Gasteiger partial charge >= 0.3 is 0 Å². The molecule has 2 atom stereocenters. The second kappa shape index (κ2) is 7.28. The van der Waals surface area contributed by atoms with E-state index in [4.69, 9.17) is 5.73 Å². The number of benzene rings is 2. The van der Waals surface area contributed by atoms with Crippen LogP contribution < -0.4 is 11.3 Å². The van der Waals surface area contributed by atoms with E-state index in [9.17, 15) is 9.59 Å². The third-order valence-corrected chi connectivity index (χ3v) is 5.24. The number of aromatic nitrogens is 3. The van der Waals surface area contributed by atoms with Crippen LogP contribution in [0, 0.1) is 5.92 Å². The number of nitrogens with two attached hydrogens (primary N) is 1. The van der Waals surface area contributed by atoms with E-state index in [1.807, 2.05) is 18.2 Å². The first-order valence-corrected chi connectivity index (χ1v) is 9.02. The first-order chi connectivity index (χ1) is 13.2. The van der Waals surface area contributed by atoms with Crippen molar-refractivity contribution in [2.45, 2.75) is 12.5 Å². The number of amides is 1. The van der Waals surface area contributed by atoms with Crippen molar-refractivity contribution in [2.24, 2.45) is 11.7 Å². The summed E-state index contributed by atoms with van der Waals surface area (Å²) in [6.07, 6.45) is 0. The highest BCUT2D eigenvalue weighted by Crippen LogP contribution is 2.32. The highest BCUT2D eigenvalue weighted by Gasteiger charge is 2.35. The molecule has 1 aliphatic rings. The predicted molar refractivity (Wildman–Crippen MR) is 102 cm³/mol. The number of likely N-dealkylation sites (tertiary alicyclic amines) is 1. The third kappa shape index (κ3) is 3.33. The number of nitrogens with zero attached hydrogens (tertiary/aromatic N) is 4. The molecule has 0 aliphatic carbocycles. The van der Waals surface area contributed by atoms with Crippen LogP contribution in [0.1, 0.15) is 11.5 Å². The normalized spacial score (nSPS) is 19.5. The summed E-state index contributed by atoms with van der Waals surface area (Å²) in [5.41, 5.74) is 7.36. The summed E-state index contributed by atoms with van der Waals surface area (Å²) in [6.45, 7) is 1.58. The Kier molecular flexibility index (Phi) is 4.68. The summed E-state index contributed by atoms with van der Waals surface area (Å²) in [4.78, 5) is 27.1.